The van der Waals surface area contributed by atoms with Crippen molar-refractivity contribution in [2.45, 2.75) is 0 Å². The highest BCUT2D eigenvalue weighted by Gasteiger charge is 2.20. The third-order valence-corrected chi connectivity index (χ3v) is 4.42. The SMILES string of the molecule is COc1ccc2c(c1)-c1cc(OC)ccc1[Si]2. The van der Waals surface area contributed by atoms with Gasteiger partial charge in [-0.15, -0.1) is 0 Å². The van der Waals surface area contributed by atoms with Crippen molar-refractivity contribution in [2.75, 3.05) is 14.2 Å². The van der Waals surface area contributed by atoms with E-state index >= 15 is 0 Å². The number of methoxy groups -OCH3 is 2. The lowest BCUT2D eigenvalue weighted by Gasteiger charge is -2.06. The van der Waals surface area contributed by atoms with Crippen molar-refractivity contribution in [3.63, 3.8) is 0 Å². The highest BCUT2D eigenvalue weighted by atomic mass is 28.2. The van der Waals surface area contributed by atoms with E-state index in [0.29, 0.717) is 0 Å². The molecular formula is C14H12O2Si. The van der Waals surface area contributed by atoms with E-state index in [1.165, 1.54) is 21.5 Å². The lowest BCUT2D eigenvalue weighted by atomic mass is 10.1. The van der Waals surface area contributed by atoms with E-state index in [9.17, 15) is 0 Å². The Balaban J connectivity index is 2.17. The summed E-state index contributed by atoms with van der Waals surface area (Å²) in [4.78, 5) is 0. The summed E-state index contributed by atoms with van der Waals surface area (Å²) in [6, 6.07) is 12.6. The maximum Gasteiger partial charge on any atom is 0.123 e. The molecule has 2 aromatic rings. The van der Waals surface area contributed by atoms with Gasteiger partial charge in [-0.05, 0) is 35.4 Å². The van der Waals surface area contributed by atoms with Crippen molar-refractivity contribution in [1.82, 2.24) is 0 Å². The molecule has 0 saturated carbocycles. The van der Waals surface area contributed by atoms with Gasteiger partial charge in [0.2, 0.25) is 0 Å². The number of hydrogen-bond donors (Lipinski definition) is 0. The molecule has 0 N–H and O–H groups in total. The Morgan fingerprint density at radius 3 is 1.65 bits per heavy atom. The summed E-state index contributed by atoms with van der Waals surface area (Å²) in [7, 11) is 4.13. The van der Waals surface area contributed by atoms with Crippen LogP contribution >= 0.6 is 0 Å². The van der Waals surface area contributed by atoms with Crippen LogP contribution in [0.15, 0.2) is 36.4 Å². The van der Waals surface area contributed by atoms with Gasteiger partial charge < -0.3 is 9.47 Å². The van der Waals surface area contributed by atoms with Crippen LogP contribution in [0.4, 0.5) is 0 Å². The zero-order chi connectivity index (χ0) is 11.8. The quantitative estimate of drug-likeness (QED) is 0.629. The first-order valence-corrected chi connectivity index (χ1v) is 6.45. The van der Waals surface area contributed by atoms with Gasteiger partial charge >= 0.3 is 0 Å². The minimum Gasteiger partial charge on any atom is -0.497 e. The third-order valence-electron chi connectivity index (χ3n) is 3.01. The fourth-order valence-electron chi connectivity index (χ4n) is 2.11. The molecule has 0 saturated heterocycles. The molecule has 1 aliphatic rings. The number of ether oxygens (including phenoxy) is 2. The van der Waals surface area contributed by atoms with Crippen LogP contribution in [0.25, 0.3) is 11.1 Å². The van der Waals surface area contributed by atoms with Crippen LogP contribution in [0.2, 0.25) is 0 Å². The molecule has 84 valence electrons. The Morgan fingerprint density at radius 1 is 0.765 bits per heavy atom. The minimum absolute atomic E-state index is 0.735. The van der Waals surface area contributed by atoms with Gasteiger partial charge in [0.1, 0.15) is 21.0 Å². The second-order valence-electron chi connectivity index (χ2n) is 3.95. The smallest absolute Gasteiger partial charge is 0.123 e. The first-order valence-electron chi connectivity index (χ1n) is 5.45. The molecule has 17 heavy (non-hydrogen) atoms. The average molecular weight is 240 g/mol. The zero-order valence-corrected chi connectivity index (χ0v) is 10.8. The minimum atomic E-state index is 0.735. The van der Waals surface area contributed by atoms with Gasteiger partial charge in [-0.1, -0.05) is 22.5 Å². The van der Waals surface area contributed by atoms with Crippen molar-refractivity contribution in [3.8, 4) is 22.6 Å². The van der Waals surface area contributed by atoms with E-state index in [4.69, 9.17) is 9.47 Å². The summed E-state index contributed by atoms with van der Waals surface area (Å²) in [5, 5.41) is 2.77. The summed E-state index contributed by atoms with van der Waals surface area (Å²) in [5.41, 5.74) is 2.55. The molecule has 3 heteroatoms. The van der Waals surface area contributed by atoms with E-state index in [0.717, 1.165) is 21.0 Å². The molecule has 2 radical (unpaired) electrons. The average Bonchev–Trinajstić information content (AvgIpc) is 2.75. The van der Waals surface area contributed by atoms with Gasteiger partial charge in [0.15, 0.2) is 0 Å². The van der Waals surface area contributed by atoms with E-state index in [1.54, 1.807) is 14.2 Å². The van der Waals surface area contributed by atoms with Gasteiger partial charge in [-0.2, -0.15) is 0 Å². The van der Waals surface area contributed by atoms with Gasteiger partial charge in [-0.3, -0.25) is 0 Å². The molecule has 1 heterocycles. The lowest BCUT2D eigenvalue weighted by molar-refractivity contribution is 0.414. The Bertz CT molecular complexity index is 527. The normalized spacial score (nSPS) is 11.9. The lowest BCUT2D eigenvalue weighted by Crippen LogP contribution is -2.20. The number of hydrogen-bond acceptors (Lipinski definition) is 2. The molecule has 0 unspecified atom stereocenters. The van der Waals surface area contributed by atoms with Crippen molar-refractivity contribution in [2.24, 2.45) is 0 Å². The molecule has 0 spiro atoms. The Kier molecular flexibility index (Phi) is 2.41. The standard InChI is InChI=1S/C14H12O2Si/c1-15-9-3-5-13-11(7-9)12-8-10(16-2)4-6-14(12)17-13/h3-8H,1-2H3. The van der Waals surface area contributed by atoms with Gasteiger partial charge in [0, 0.05) is 0 Å². The molecule has 0 atom stereocenters. The molecule has 2 aromatic carbocycles. The summed E-state index contributed by atoms with van der Waals surface area (Å²) >= 11 is 0. The summed E-state index contributed by atoms with van der Waals surface area (Å²) in [6.45, 7) is 0. The van der Waals surface area contributed by atoms with Crippen molar-refractivity contribution in [1.29, 1.82) is 0 Å². The highest BCUT2D eigenvalue weighted by Crippen LogP contribution is 2.27. The Labute approximate surface area is 103 Å². The largest absolute Gasteiger partial charge is 0.497 e. The Hall–Kier alpha value is -1.74. The molecule has 0 aliphatic carbocycles. The third kappa shape index (κ3) is 1.63. The maximum atomic E-state index is 5.28. The van der Waals surface area contributed by atoms with E-state index in [2.05, 4.69) is 24.3 Å². The zero-order valence-electron chi connectivity index (χ0n) is 9.78. The van der Waals surface area contributed by atoms with E-state index < -0.39 is 0 Å². The predicted molar refractivity (Wildman–Crippen MR) is 70.0 cm³/mol. The van der Waals surface area contributed by atoms with Crippen LogP contribution in [0.3, 0.4) is 0 Å². The van der Waals surface area contributed by atoms with E-state index in [-0.39, 0.29) is 0 Å². The molecule has 0 aromatic heterocycles. The second kappa shape index (κ2) is 3.93. The van der Waals surface area contributed by atoms with Crippen LogP contribution < -0.4 is 19.8 Å². The fraction of sp³-hybridized carbons (Fsp3) is 0.143. The molecular weight excluding hydrogens is 228 g/mol. The first-order chi connectivity index (χ1) is 8.31. The Morgan fingerprint density at radius 2 is 1.24 bits per heavy atom. The molecule has 0 bridgehead atoms. The van der Waals surface area contributed by atoms with Gasteiger partial charge in [0.05, 0.1) is 14.2 Å². The second-order valence-corrected chi connectivity index (χ2v) is 5.28. The van der Waals surface area contributed by atoms with Crippen LogP contribution in [0.5, 0.6) is 11.5 Å². The summed E-state index contributed by atoms with van der Waals surface area (Å²) < 4.78 is 10.6. The highest BCUT2D eigenvalue weighted by molar-refractivity contribution is 6.73. The monoisotopic (exact) mass is 240 g/mol. The maximum absolute atomic E-state index is 5.28. The number of fused-ring (bicyclic) bond motifs is 3. The molecule has 1 aliphatic heterocycles. The number of rotatable bonds is 2. The van der Waals surface area contributed by atoms with Crippen LogP contribution in [-0.2, 0) is 0 Å². The van der Waals surface area contributed by atoms with Crippen LogP contribution in [-0.4, -0.2) is 23.7 Å². The van der Waals surface area contributed by atoms with Crippen LogP contribution in [0, 0.1) is 0 Å². The predicted octanol–water partition coefficient (Wildman–Crippen LogP) is 1.34. The molecule has 2 nitrogen and oxygen atoms in total. The molecule has 3 rings (SSSR count). The first kappa shape index (κ1) is 10.4. The van der Waals surface area contributed by atoms with Gasteiger partial charge in [0.25, 0.3) is 0 Å². The topological polar surface area (TPSA) is 18.5 Å². The van der Waals surface area contributed by atoms with Crippen LogP contribution in [0.1, 0.15) is 0 Å². The molecule has 0 amide bonds. The van der Waals surface area contributed by atoms with Crippen molar-refractivity contribution < 1.29 is 9.47 Å². The summed E-state index contributed by atoms with van der Waals surface area (Å²) in [6.07, 6.45) is 0. The summed E-state index contributed by atoms with van der Waals surface area (Å²) in [5.74, 6) is 1.81. The van der Waals surface area contributed by atoms with Crippen molar-refractivity contribution >= 4 is 19.9 Å². The molecule has 0 fully saturated rings. The van der Waals surface area contributed by atoms with Gasteiger partial charge in [-0.25, -0.2) is 0 Å². The van der Waals surface area contributed by atoms with E-state index in [1.807, 2.05) is 12.1 Å². The van der Waals surface area contributed by atoms with Crippen molar-refractivity contribution in [3.05, 3.63) is 36.4 Å². The fourth-order valence-corrected chi connectivity index (χ4v) is 3.42. The number of benzene rings is 2.